The van der Waals surface area contributed by atoms with Crippen LogP contribution in [-0.2, 0) is 11.2 Å². The third kappa shape index (κ3) is 0.803. The Balaban J connectivity index is 2.37. The molecule has 0 heterocycles. The van der Waals surface area contributed by atoms with Gasteiger partial charge in [-0.15, -0.1) is 0 Å². The first kappa shape index (κ1) is 7.68. The lowest BCUT2D eigenvalue weighted by molar-refractivity contribution is -0.113. The number of ketones is 2. The third-order valence-corrected chi connectivity index (χ3v) is 2.87. The van der Waals surface area contributed by atoms with Crippen LogP contribution in [0.3, 0.4) is 0 Å². The first-order valence-electron chi connectivity index (χ1n) is 4.66. The molecule has 0 radical (unpaired) electrons. The van der Waals surface area contributed by atoms with Gasteiger partial charge in [-0.1, -0.05) is 24.3 Å². The summed E-state index contributed by atoms with van der Waals surface area (Å²) < 4.78 is 0. The van der Waals surface area contributed by atoms with Crippen molar-refractivity contribution < 1.29 is 9.59 Å². The maximum atomic E-state index is 11.6. The van der Waals surface area contributed by atoms with Crippen LogP contribution in [0.4, 0.5) is 0 Å². The fourth-order valence-electron chi connectivity index (χ4n) is 2.22. The SMILES string of the molecule is O=C1CC(=O)c2cccc3c2C1=CC3. The highest BCUT2D eigenvalue weighted by molar-refractivity contribution is 6.34. The van der Waals surface area contributed by atoms with Crippen molar-refractivity contribution in [2.45, 2.75) is 12.8 Å². The highest BCUT2D eigenvalue weighted by Gasteiger charge is 2.31. The summed E-state index contributed by atoms with van der Waals surface area (Å²) in [5.74, 6) is -0.0571. The smallest absolute Gasteiger partial charge is 0.171 e. The van der Waals surface area contributed by atoms with E-state index in [-0.39, 0.29) is 18.0 Å². The lowest BCUT2D eigenvalue weighted by Gasteiger charge is -2.15. The van der Waals surface area contributed by atoms with E-state index in [9.17, 15) is 9.59 Å². The number of hydrogen-bond donors (Lipinski definition) is 0. The van der Waals surface area contributed by atoms with Crippen LogP contribution in [0.15, 0.2) is 24.3 Å². The number of carbonyl (C=O) groups excluding carboxylic acids is 2. The van der Waals surface area contributed by atoms with E-state index in [1.807, 2.05) is 24.3 Å². The van der Waals surface area contributed by atoms with Crippen molar-refractivity contribution in [3.05, 3.63) is 41.0 Å². The van der Waals surface area contributed by atoms with Crippen LogP contribution in [-0.4, -0.2) is 11.6 Å². The van der Waals surface area contributed by atoms with Gasteiger partial charge < -0.3 is 0 Å². The van der Waals surface area contributed by atoms with Gasteiger partial charge in [0.1, 0.15) is 0 Å². The van der Waals surface area contributed by atoms with E-state index in [1.54, 1.807) is 0 Å². The normalized spacial score (nSPS) is 18.1. The van der Waals surface area contributed by atoms with Crippen molar-refractivity contribution in [2.75, 3.05) is 0 Å². The van der Waals surface area contributed by atoms with Crippen LogP contribution in [0, 0.1) is 0 Å². The molecule has 2 aliphatic rings. The summed E-state index contributed by atoms with van der Waals surface area (Å²) >= 11 is 0. The van der Waals surface area contributed by atoms with Gasteiger partial charge in [0.2, 0.25) is 0 Å². The monoisotopic (exact) mass is 184 g/mol. The number of rotatable bonds is 0. The molecule has 0 aromatic heterocycles. The first-order chi connectivity index (χ1) is 6.77. The van der Waals surface area contributed by atoms with Crippen molar-refractivity contribution in [1.82, 2.24) is 0 Å². The summed E-state index contributed by atoms with van der Waals surface area (Å²) in [7, 11) is 0. The molecule has 1 aromatic carbocycles. The molecule has 0 fully saturated rings. The Labute approximate surface area is 81.2 Å². The minimum atomic E-state index is -0.0362. The predicted octanol–water partition coefficient (Wildman–Crippen LogP) is 1.78. The van der Waals surface area contributed by atoms with Crippen LogP contribution >= 0.6 is 0 Å². The predicted molar refractivity (Wildman–Crippen MR) is 52.1 cm³/mol. The Morgan fingerprint density at radius 2 is 1.93 bits per heavy atom. The summed E-state index contributed by atoms with van der Waals surface area (Å²) in [6.07, 6.45) is 2.77. The maximum absolute atomic E-state index is 11.6. The minimum Gasteiger partial charge on any atom is -0.294 e. The molecule has 3 rings (SSSR count). The van der Waals surface area contributed by atoms with Gasteiger partial charge in [-0.2, -0.15) is 0 Å². The van der Waals surface area contributed by atoms with Gasteiger partial charge in [-0.3, -0.25) is 9.59 Å². The van der Waals surface area contributed by atoms with Crippen LogP contribution in [0.1, 0.15) is 27.9 Å². The fraction of sp³-hybridized carbons (Fsp3) is 0.167. The van der Waals surface area contributed by atoms with E-state index >= 15 is 0 Å². The summed E-state index contributed by atoms with van der Waals surface area (Å²) in [6, 6.07) is 5.68. The molecule has 0 saturated heterocycles. The van der Waals surface area contributed by atoms with Gasteiger partial charge in [0.25, 0.3) is 0 Å². The zero-order valence-electron chi connectivity index (χ0n) is 7.54. The molecule has 0 spiro atoms. The van der Waals surface area contributed by atoms with Gasteiger partial charge in [0, 0.05) is 11.1 Å². The number of hydrogen-bond acceptors (Lipinski definition) is 2. The zero-order chi connectivity index (χ0) is 9.71. The Morgan fingerprint density at radius 1 is 1.07 bits per heavy atom. The molecule has 0 N–H and O–H groups in total. The number of benzene rings is 1. The highest BCUT2D eigenvalue weighted by atomic mass is 16.1. The molecule has 0 amide bonds. The largest absolute Gasteiger partial charge is 0.294 e. The van der Waals surface area contributed by atoms with Crippen LogP contribution in [0.5, 0.6) is 0 Å². The molecule has 68 valence electrons. The second-order valence-corrected chi connectivity index (χ2v) is 3.68. The van der Waals surface area contributed by atoms with Crippen LogP contribution in [0.2, 0.25) is 0 Å². The number of Topliss-reactive ketones (excluding diaryl/α,β-unsaturated/α-hetero) is 2. The van der Waals surface area contributed by atoms with E-state index in [1.165, 1.54) is 0 Å². The van der Waals surface area contributed by atoms with E-state index in [4.69, 9.17) is 0 Å². The van der Waals surface area contributed by atoms with Crippen molar-refractivity contribution >= 4 is 17.1 Å². The van der Waals surface area contributed by atoms with Gasteiger partial charge in [-0.05, 0) is 17.5 Å². The molecule has 0 saturated carbocycles. The second-order valence-electron chi connectivity index (χ2n) is 3.68. The maximum Gasteiger partial charge on any atom is 0.171 e. The minimum absolute atomic E-state index is 0.0209. The van der Waals surface area contributed by atoms with E-state index in [0.29, 0.717) is 0 Å². The Hall–Kier alpha value is -1.70. The summed E-state index contributed by atoms with van der Waals surface area (Å²) in [6.45, 7) is 0. The van der Waals surface area contributed by atoms with Crippen LogP contribution < -0.4 is 0 Å². The molecule has 14 heavy (non-hydrogen) atoms. The molecule has 2 aliphatic carbocycles. The number of carbonyl (C=O) groups is 2. The van der Waals surface area contributed by atoms with Crippen molar-refractivity contribution in [3.8, 4) is 0 Å². The zero-order valence-corrected chi connectivity index (χ0v) is 7.54. The second kappa shape index (κ2) is 2.41. The average molecular weight is 184 g/mol. The molecule has 0 unspecified atom stereocenters. The molecular weight excluding hydrogens is 176 g/mol. The van der Waals surface area contributed by atoms with Gasteiger partial charge >= 0.3 is 0 Å². The van der Waals surface area contributed by atoms with Crippen LogP contribution in [0.25, 0.3) is 5.57 Å². The summed E-state index contributed by atoms with van der Waals surface area (Å²) in [5, 5.41) is 0. The van der Waals surface area contributed by atoms with Gasteiger partial charge in [0.15, 0.2) is 11.6 Å². The molecule has 2 heteroatoms. The lowest BCUT2D eigenvalue weighted by Crippen LogP contribution is -2.18. The van der Waals surface area contributed by atoms with E-state index < -0.39 is 0 Å². The Bertz CT molecular complexity index is 495. The fourth-order valence-corrected chi connectivity index (χ4v) is 2.22. The van der Waals surface area contributed by atoms with Crippen molar-refractivity contribution in [1.29, 1.82) is 0 Å². The molecule has 0 bridgehead atoms. The molecule has 2 nitrogen and oxygen atoms in total. The topological polar surface area (TPSA) is 34.1 Å². The molecule has 0 atom stereocenters. The summed E-state index contributed by atoms with van der Waals surface area (Å²) in [5.41, 5.74) is 3.49. The highest BCUT2D eigenvalue weighted by Crippen LogP contribution is 2.35. The standard InChI is InChI=1S/C12H8O2/c13-10-6-11(14)9-5-4-7-2-1-3-8(10)12(7)9/h1-3,5H,4,6H2. The number of allylic oxidation sites excluding steroid dienone is 2. The van der Waals surface area contributed by atoms with Gasteiger partial charge in [0.05, 0.1) is 6.42 Å². The Morgan fingerprint density at radius 3 is 2.79 bits per heavy atom. The van der Waals surface area contributed by atoms with Gasteiger partial charge in [-0.25, -0.2) is 0 Å². The quantitative estimate of drug-likeness (QED) is 0.576. The Kier molecular flexibility index (Phi) is 1.32. The molecule has 0 aliphatic heterocycles. The van der Waals surface area contributed by atoms with Crippen molar-refractivity contribution in [2.24, 2.45) is 0 Å². The first-order valence-corrected chi connectivity index (χ1v) is 4.66. The molecular formula is C12H8O2. The molecule has 1 aromatic rings. The third-order valence-electron chi connectivity index (χ3n) is 2.87. The summed E-state index contributed by atoms with van der Waals surface area (Å²) in [4.78, 5) is 23.1. The van der Waals surface area contributed by atoms with Crippen molar-refractivity contribution in [3.63, 3.8) is 0 Å². The average Bonchev–Trinajstić information content (AvgIpc) is 2.59. The van der Waals surface area contributed by atoms with E-state index in [0.717, 1.165) is 28.7 Å². The lowest BCUT2D eigenvalue weighted by atomic mass is 9.86. The van der Waals surface area contributed by atoms with E-state index in [2.05, 4.69) is 0 Å².